The molecular weight excluding hydrogens is 212 g/mol. The third kappa shape index (κ3) is 4.11. The quantitative estimate of drug-likeness (QED) is 0.745. The molecule has 1 aromatic heterocycles. The molecule has 0 bridgehead atoms. The molecule has 5 nitrogen and oxygen atoms in total. The second kappa shape index (κ2) is 6.71. The Balaban J connectivity index is 2.54. The van der Waals surface area contributed by atoms with Crippen LogP contribution in [0.1, 0.15) is 12.2 Å². The fraction of sp³-hybridized carbons (Fsp3) is 0.778. The van der Waals surface area contributed by atoms with E-state index in [1.165, 1.54) is 11.5 Å². The van der Waals surface area contributed by atoms with E-state index < -0.39 is 0 Å². The molecule has 0 atom stereocenters. The van der Waals surface area contributed by atoms with Crippen LogP contribution in [0.4, 0.5) is 5.13 Å². The Kier molecular flexibility index (Phi) is 5.52. The summed E-state index contributed by atoms with van der Waals surface area (Å²) < 4.78 is 9.23. The molecule has 0 fully saturated rings. The summed E-state index contributed by atoms with van der Waals surface area (Å²) in [7, 11) is 1.70. The second-order valence-corrected chi connectivity index (χ2v) is 3.98. The molecular formula is C9H18N4OS. The van der Waals surface area contributed by atoms with Crippen molar-refractivity contribution in [3.8, 4) is 0 Å². The summed E-state index contributed by atoms with van der Waals surface area (Å²) >= 11 is 1.43. The molecule has 0 spiro atoms. The van der Waals surface area contributed by atoms with E-state index in [-0.39, 0.29) is 0 Å². The molecule has 0 unspecified atom stereocenters. The average Bonchev–Trinajstić information content (AvgIpc) is 2.65. The summed E-state index contributed by atoms with van der Waals surface area (Å²) in [6, 6.07) is 0. The largest absolute Gasteiger partial charge is 0.383 e. The van der Waals surface area contributed by atoms with E-state index >= 15 is 0 Å². The molecule has 86 valence electrons. The predicted molar refractivity (Wildman–Crippen MR) is 62.4 cm³/mol. The highest BCUT2D eigenvalue weighted by molar-refractivity contribution is 7.09. The van der Waals surface area contributed by atoms with Crippen molar-refractivity contribution < 1.29 is 4.74 Å². The standard InChI is InChI=1S/C9H18N4OS/c1-8-11-9(15-12-8)13(5-3-4-10)6-7-14-2/h3-7,10H2,1-2H3. The molecule has 0 amide bonds. The summed E-state index contributed by atoms with van der Waals surface area (Å²) in [4.78, 5) is 6.52. The van der Waals surface area contributed by atoms with Crippen LogP contribution in [0, 0.1) is 6.92 Å². The van der Waals surface area contributed by atoms with E-state index in [1.807, 2.05) is 6.92 Å². The van der Waals surface area contributed by atoms with Crippen LogP contribution >= 0.6 is 11.5 Å². The lowest BCUT2D eigenvalue weighted by Gasteiger charge is -2.20. The lowest BCUT2D eigenvalue weighted by molar-refractivity contribution is 0.205. The number of hydrogen-bond acceptors (Lipinski definition) is 6. The monoisotopic (exact) mass is 230 g/mol. The van der Waals surface area contributed by atoms with Gasteiger partial charge in [0.1, 0.15) is 5.82 Å². The van der Waals surface area contributed by atoms with Crippen LogP contribution < -0.4 is 10.6 Å². The maximum absolute atomic E-state index is 5.50. The number of ether oxygens (including phenoxy) is 1. The van der Waals surface area contributed by atoms with Gasteiger partial charge in [-0.1, -0.05) is 0 Å². The van der Waals surface area contributed by atoms with Crippen LogP contribution in [-0.2, 0) is 4.74 Å². The molecule has 0 radical (unpaired) electrons. The summed E-state index contributed by atoms with van der Waals surface area (Å²) in [5.41, 5.74) is 5.50. The third-order valence-corrected chi connectivity index (χ3v) is 2.85. The predicted octanol–water partition coefficient (Wildman–Crippen LogP) is 0.648. The first-order valence-electron chi connectivity index (χ1n) is 5.02. The molecule has 1 heterocycles. The first-order valence-corrected chi connectivity index (χ1v) is 5.79. The molecule has 0 saturated heterocycles. The van der Waals surface area contributed by atoms with Gasteiger partial charge in [-0.2, -0.15) is 4.37 Å². The summed E-state index contributed by atoms with van der Waals surface area (Å²) in [5.74, 6) is 0.824. The van der Waals surface area contributed by atoms with Gasteiger partial charge in [-0.25, -0.2) is 4.98 Å². The molecule has 15 heavy (non-hydrogen) atoms. The maximum atomic E-state index is 5.50. The van der Waals surface area contributed by atoms with Crippen LogP contribution in [0.15, 0.2) is 0 Å². The van der Waals surface area contributed by atoms with Gasteiger partial charge in [0.15, 0.2) is 0 Å². The number of nitrogens with two attached hydrogens (primary N) is 1. The van der Waals surface area contributed by atoms with Crippen molar-refractivity contribution >= 4 is 16.7 Å². The maximum Gasteiger partial charge on any atom is 0.205 e. The number of aryl methyl sites for hydroxylation is 1. The highest BCUT2D eigenvalue weighted by atomic mass is 32.1. The van der Waals surface area contributed by atoms with Crippen molar-refractivity contribution in [2.75, 3.05) is 38.3 Å². The minimum Gasteiger partial charge on any atom is -0.383 e. The Morgan fingerprint density at radius 3 is 2.80 bits per heavy atom. The Hall–Kier alpha value is -0.720. The van der Waals surface area contributed by atoms with Crippen molar-refractivity contribution in [1.29, 1.82) is 0 Å². The third-order valence-electron chi connectivity index (χ3n) is 1.98. The molecule has 1 rings (SSSR count). The second-order valence-electron chi connectivity index (χ2n) is 3.25. The smallest absolute Gasteiger partial charge is 0.205 e. The highest BCUT2D eigenvalue weighted by Gasteiger charge is 2.10. The van der Waals surface area contributed by atoms with Gasteiger partial charge in [-0.3, -0.25) is 0 Å². The number of anilines is 1. The number of hydrogen-bond donors (Lipinski definition) is 1. The van der Waals surface area contributed by atoms with Gasteiger partial charge in [-0.05, 0) is 19.9 Å². The topological polar surface area (TPSA) is 64.3 Å². The summed E-state index contributed by atoms with van der Waals surface area (Å²) in [6.45, 7) is 5.04. The van der Waals surface area contributed by atoms with Crippen molar-refractivity contribution in [1.82, 2.24) is 9.36 Å². The molecule has 0 saturated carbocycles. The van der Waals surface area contributed by atoms with Crippen molar-refractivity contribution in [3.63, 3.8) is 0 Å². The van der Waals surface area contributed by atoms with Gasteiger partial charge in [0.25, 0.3) is 0 Å². The Morgan fingerprint density at radius 2 is 2.27 bits per heavy atom. The van der Waals surface area contributed by atoms with E-state index in [0.717, 1.165) is 30.5 Å². The first-order chi connectivity index (χ1) is 7.27. The van der Waals surface area contributed by atoms with Gasteiger partial charge in [0, 0.05) is 31.7 Å². The minimum atomic E-state index is 0.696. The van der Waals surface area contributed by atoms with E-state index in [9.17, 15) is 0 Å². The zero-order valence-corrected chi connectivity index (χ0v) is 10.1. The Labute approximate surface area is 94.4 Å². The lowest BCUT2D eigenvalue weighted by Crippen LogP contribution is -2.29. The Bertz CT molecular complexity index is 271. The van der Waals surface area contributed by atoms with Gasteiger partial charge < -0.3 is 15.4 Å². The fourth-order valence-corrected chi connectivity index (χ4v) is 1.93. The van der Waals surface area contributed by atoms with Gasteiger partial charge in [0.2, 0.25) is 5.13 Å². The zero-order valence-electron chi connectivity index (χ0n) is 9.27. The van der Waals surface area contributed by atoms with Gasteiger partial charge >= 0.3 is 0 Å². The zero-order chi connectivity index (χ0) is 11.1. The first kappa shape index (κ1) is 12.4. The number of nitrogens with zero attached hydrogens (tertiary/aromatic N) is 3. The van der Waals surface area contributed by atoms with E-state index in [4.69, 9.17) is 10.5 Å². The molecule has 2 N–H and O–H groups in total. The van der Waals surface area contributed by atoms with Crippen LogP contribution in [0.2, 0.25) is 0 Å². The van der Waals surface area contributed by atoms with Crippen molar-refractivity contribution in [3.05, 3.63) is 5.82 Å². The number of methoxy groups -OCH3 is 1. The molecule has 0 aliphatic rings. The number of rotatable bonds is 7. The molecule has 0 aliphatic heterocycles. The number of aromatic nitrogens is 2. The van der Waals surface area contributed by atoms with Gasteiger partial charge in [-0.15, -0.1) is 0 Å². The fourth-order valence-electron chi connectivity index (χ4n) is 1.20. The Morgan fingerprint density at radius 1 is 1.47 bits per heavy atom. The lowest BCUT2D eigenvalue weighted by atomic mass is 10.4. The average molecular weight is 230 g/mol. The van der Waals surface area contributed by atoms with Crippen LogP contribution in [0.25, 0.3) is 0 Å². The summed E-state index contributed by atoms with van der Waals surface area (Å²) in [6.07, 6.45) is 0.961. The highest BCUT2D eigenvalue weighted by Crippen LogP contribution is 2.16. The van der Waals surface area contributed by atoms with Gasteiger partial charge in [0.05, 0.1) is 6.61 Å². The van der Waals surface area contributed by atoms with E-state index in [0.29, 0.717) is 13.2 Å². The normalized spacial score (nSPS) is 10.6. The SMILES string of the molecule is COCCN(CCCN)c1nc(C)ns1. The van der Waals surface area contributed by atoms with Crippen LogP contribution in [0.3, 0.4) is 0 Å². The minimum absolute atomic E-state index is 0.696. The molecule has 1 aromatic rings. The van der Waals surface area contributed by atoms with Crippen LogP contribution in [0.5, 0.6) is 0 Å². The van der Waals surface area contributed by atoms with E-state index in [1.54, 1.807) is 7.11 Å². The van der Waals surface area contributed by atoms with Crippen LogP contribution in [-0.4, -0.2) is 42.7 Å². The summed E-state index contributed by atoms with van der Waals surface area (Å²) in [5, 5.41) is 0.956. The van der Waals surface area contributed by atoms with E-state index in [2.05, 4.69) is 14.3 Å². The molecule has 0 aliphatic carbocycles. The van der Waals surface area contributed by atoms with Crippen molar-refractivity contribution in [2.45, 2.75) is 13.3 Å². The molecule has 6 heteroatoms. The molecule has 0 aromatic carbocycles. The van der Waals surface area contributed by atoms with Crippen molar-refractivity contribution in [2.24, 2.45) is 5.73 Å².